The standard InChI is InChI=1S/C14H10BrN3O2/c15-9-2-4-10(5-3-9)16-14-17-11-6-1-8(13(19)20)7-12(11)18-14/h1-7H,(H,19,20)(H2,16,17,18). The van der Waals surface area contributed by atoms with E-state index in [1.165, 1.54) is 6.07 Å². The van der Waals surface area contributed by atoms with Gasteiger partial charge in [-0.1, -0.05) is 15.9 Å². The SMILES string of the molecule is O=C(O)c1ccc2nc(Nc3ccc(Br)cc3)[nH]c2c1. The lowest BCUT2D eigenvalue weighted by atomic mass is 10.2. The van der Waals surface area contributed by atoms with Crippen LogP contribution in [0.4, 0.5) is 11.6 Å². The quantitative estimate of drug-likeness (QED) is 0.682. The average Bonchev–Trinajstić information content (AvgIpc) is 2.82. The van der Waals surface area contributed by atoms with Gasteiger partial charge in [-0.2, -0.15) is 0 Å². The monoisotopic (exact) mass is 331 g/mol. The summed E-state index contributed by atoms with van der Waals surface area (Å²) in [4.78, 5) is 18.3. The molecule has 2 aromatic carbocycles. The number of imidazole rings is 1. The Hall–Kier alpha value is -2.34. The summed E-state index contributed by atoms with van der Waals surface area (Å²) in [6, 6.07) is 12.5. The van der Waals surface area contributed by atoms with Gasteiger partial charge in [-0.05, 0) is 42.5 Å². The van der Waals surface area contributed by atoms with Crippen LogP contribution in [0, 0.1) is 0 Å². The van der Waals surface area contributed by atoms with Crippen LogP contribution in [0.5, 0.6) is 0 Å². The first-order valence-corrected chi connectivity index (χ1v) is 6.67. The van der Waals surface area contributed by atoms with Gasteiger partial charge in [-0.3, -0.25) is 0 Å². The first kappa shape index (κ1) is 12.7. The molecule has 0 bridgehead atoms. The van der Waals surface area contributed by atoms with Crippen LogP contribution in [0.3, 0.4) is 0 Å². The van der Waals surface area contributed by atoms with E-state index in [-0.39, 0.29) is 5.56 Å². The van der Waals surface area contributed by atoms with Gasteiger partial charge in [0.05, 0.1) is 16.6 Å². The zero-order chi connectivity index (χ0) is 14.1. The number of nitrogens with one attached hydrogen (secondary N) is 2. The fourth-order valence-electron chi connectivity index (χ4n) is 1.87. The number of rotatable bonds is 3. The maximum atomic E-state index is 10.9. The molecule has 6 heteroatoms. The van der Waals surface area contributed by atoms with Gasteiger partial charge in [0.1, 0.15) is 0 Å². The van der Waals surface area contributed by atoms with Gasteiger partial charge in [-0.25, -0.2) is 9.78 Å². The lowest BCUT2D eigenvalue weighted by molar-refractivity contribution is 0.0697. The van der Waals surface area contributed by atoms with Crippen molar-refractivity contribution in [1.82, 2.24) is 9.97 Å². The van der Waals surface area contributed by atoms with E-state index in [0.29, 0.717) is 11.5 Å². The molecule has 0 saturated heterocycles. The van der Waals surface area contributed by atoms with Gasteiger partial charge >= 0.3 is 5.97 Å². The van der Waals surface area contributed by atoms with E-state index in [1.807, 2.05) is 24.3 Å². The van der Waals surface area contributed by atoms with Crippen LogP contribution >= 0.6 is 15.9 Å². The molecule has 0 aliphatic carbocycles. The van der Waals surface area contributed by atoms with Crippen LogP contribution in [0.1, 0.15) is 10.4 Å². The van der Waals surface area contributed by atoms with Crippen molar-refractivity contribution in [1.29, 1.82) is 0 Å². The second kappa shape index (κ2) is 4.97. The number of halogens is 1. The fraction of sp³-hybridized carbons (Fsp3) is 0. The van der Waals surface area contributed by atoms with Crippen LogP contribution in [0.2, 0.25) is 0 Å². The first-order chi connectivity index (χ1) is 9.61. The number of carbonyl (C=O) groups is 1. The Labute approximate surface area is 122 Å². The number of anilines is 2. The van der Waals surface area contributed by atoms with E-state index >= 15 is 0 Å². The zero-order valence-corrected chi connectivity index (χ0v) is 11.8. The molecule has 0 radical (unpaired) electrons. The van der Waals surface area contributed by atoms with Gasteiger partial charge in [-0.15, -0.1) is 0 Å². The van der Waals surface area contributed by atoms with E-state index in [0.717, 1.165) is 15.7 Å². The van der Waals surface area contributed by atoms with Gasteiger partial charge in [0.2, 0.25) is 5.95 Å². The minimum atomic E-state index is -0.955. The van der Waals surface area contributed by atoms with Crippen molar-refractivity contribution < 1.29 is 9.90 Å². The van der Waals surface area contributed by atoms with Crippen LogP contribution in [0.25, 0.3) is 11.0 Å². The summed E-state index contributed by atoms with van der Waals surface area (Å²) < 4.78 is 0.999. The van der Waals surface area contributed by atoms with Crippen molar-refractivity contribution in [2.24, 2.45) is 0 Å². The van der Waals surface area contributed by atoms with Crippen molar-refractivity contribution in [3.63, 3.8) is 0 Å². The molecule has 0 unspecified atom stereocenters. The number of hydrogen-bond acceptors (Lipinski definition) is 3. The number of H-pyrrole nitrogens is 1. The van der Waals surface area contributed by atoms with E-state index in [1.54, 1.807) is 12.1 Å². The summed E-state index contributed by atoms with van der Waals surface area (Å²) >= 11 is 3.37. The number of aromatic nitrogens is 2. The van der Waals surface area contributed by atoms with E-state index in [4.69, 9.17) is 5.11 Å². The van der Waals surface area contributed by atoms with Crippen molar-refractivity contribution in [3.05, 3.63) is 52.5 Å². The zero-order valence-electron chi connectivity index (χ0n) is 10.2. The highest BCUT2D eigenvalue weighted by Gasteiger charge is 2.07. The van der Waals surface area contributed by atoms with Crippen LogP contribution in [0.15, 0.2) is 46.9 Å². The summed E-state index contributed by atoms with van der Waals surface area (Å²) in [5, 5.41) is 12.1. The Morgan fingerprint density at radius 3 is 2.65 bits per heavy atom. The predicted octanol–water partition coefficient (Wildman–Crippen LogP) is 3.77. The fourth-order valence-corrected chi connectivity index (χ4v) is 2.14. The van der Waals surface area contributed by atoms with Crippen molar-refractivity contribution in [3.8, 4) is 0 Å². The number of aromatic amines is 1. The summed E-state index contributed by atoms with van der Waals surface area (Å²) in [6.07, 6.45) is 0. The third-order valence-electron chi connectivity index (χ3n) is 2.84. The maximum absolute atomic E-state index is 10.9. The molecule has 0 atom stereocenters. The molecular weight excluding hydrogens is 322 g/mol. The van der Waals surface area contributed by atoms with Crippen LogP contribution < -0.4 is 5.32 Å². The normalized spacial score (nSPS) is 10.7. The smallest absolute Gasteiger partial charge is 0.335 e. The molecule has 3 aromatic rings. The Morgan fingerprint density at radius 1 is 1.20 bits per heavy atom. The number of aromatic carboxylic acids is 1. The molecule has 0 amide bonds. The third-order valence-corrected chi connectivity index (χ3v) is 3.36. The lowest BCUT2D eigenvalue weighted by Gasteiger charge is -2.01. The minimum absolute atomic E-state index is 0.233. The van der Waals surface area contributed by atoms with Crippen molar-refractivity contribution in [2.45, 2.75) is 0 Å². The summed E-state index contributed by atoms with van der Waals surface area (Å²) in [7, 11) is 0. The number of benzene rings is 2. The first-order valence-electron chi connectivity index (χ1n) is 5.87. The molecule has 0 aliphatic heterocycles. The molecule has 0 fully saturated rings. The molecule has 3 rings (SSSR count). The molecule has 0 saturated carbocycles. The van der Waals surface area contributed by atoms with E-state index in [2.05, 4.69) is 31.2 Å². The topological polar surface area (TPSA) is 78.0 Å². The molecule has 1 heterocycles. The predicted molar refractivity (Wildman–Crippen MR) is 80.5 cm³/mol. The molecule has 0 aliphatic rings. The van der Waals surface area contributed by atoms with Gasteiger partial charge in [0.15, 0.2) is 0 Å². The molecule has 1 aromatic heterocycles. The van der Waals surface area contributed by atoms with E-state index in [9.17, 15) is 4.79 Å². The number of carboxylic acids is 1. The van der Waals surface area contributed by atoms with Crippen LogP contribution in [-0.4, -0.2) is 21.0 Å². The van der Waals surface area contributed by atoms with Gasteiger partial charge < -0.3 is 15.4 Å². The lowest BCUT2D eigenvalue weighted by Crippen LogP contribution is -1.94. The average molecular weight is 332 g/mol. The Balaban J connectivity index is 1.92. The molecule has 5 nitrogen and oxygen atoms in total. The Morgan fingerprint density at radius 2 is 1.95 bits per heavy atom. The second-order valence-corrected chi connectivity index (χ2v) is 5.17. The molecular formula is C14H10BrN3O2. The Kier molecular flexibility index (Phi) is 3.15. The number of nitrogens with zero attached hydrogens (tertiary/aromatic N) is 1. The highest BCUT2D eigenvalue weighted by Crippen LogP contribution is 2.21. The highest BCUT2D eigenvalue weighted by atomic mass is 79.9. The second-order valence-electron chi connectivity index (χ2n) is 4.25. The van der Waals surface area contributed by atoms with Crippen LogP contribution in [-0.2, 0) is 0 Å². The largest absolute Gasteiger partial charge is 0.478 e. The molecule has 100 valence electrons. The van der Waals surface area contributed by atoms with Crippen molar-refractivity contribution >= 4 is 44.6 Å². The molecule has 20 heavy (non-hydrogen) atoms. The minimum Gasteiger partial charge on any atom is -0.478 e. The summed E-state index contributed by atoms with van der Waals surface area (Å²) in [5.41, 5.74) is 2.53. The third kappa shape index (κ3) is 2.50. The molecule has 3 N–H and O–H groups in total. The molecule has 0 spiro atoms. The maximum Gasteiger partial charge on any atom is 0.335 e. The van der Waals surface area contributed by atoms with Crippen molar-refractivity contribution in [2.75, 3.05) is 5.32 Å². The highest BCUT2D eigenvalue weighted by molar-refractivity contribution is 9.10. The summed E-state index contributed by atoms with van der Waals surface area (Å²) in [6.45, 7) is 0. The van der Waals surface area contributed by atoms with E-state index < -0.39 is 5.97 Å². The van der Waals surface area contributed by atoms with Gasteiger partial charge in [0.25, 0.3) is 0 Å². The van der Waals surface area contributed by atoms with Gasteiger partial charge in [0, 0.05) is 10.2 Å². The number of hydrogen-bond donors (Lipinski definition) is 3. The number of carboxylic acid groups (broad SMARTS) is 1. The number of fused-ring (bicyclic) bond motifs is 1. The summed E-state index contributed by atoms with van der Waals surface area (Å²) in [5.74, 6) is -0.381. The Bertz CT molecular complexity index is 781.